The molecule has 0 N–H and O–H groups in total. The number of rotatable bonds is 9. The Labute approximate surface area is 401 Å². The lowest BCUT2D eigenvalue weighted by Crippen LogP contribution is -2.20. The second-order valence-corrected chi connectivity index (χ2v) is 17.8. The molecule has 0 spiro atoms. The standard InChI is InChI=1S/C66H44N2O/c1-2-16-45(17-3-1)46-36-38-50(39-37-46)54-20-4-9-26-60(54)67(63-29-12-7-23-57(63)58-25-15-31-65-66(58)59-24-8-13-30-64(59)69-65)52-42-40-48(41-43-52)47-32-34-49(35-33-47)51-18-14-19-53(44-51)68-61-27-10-5-21-55(61)56-22-6-11-28-62(56)68/h1-14,16-24,26-40,42,44H,41,43H2. The van der Waals surface area contributed by atoms with Crippen molar-refractivity contribution in [3.8, 4) is 39.1 Å². The van der Waals surface area contributed by atoms with Crippen molar-refractivity contribution in [3.63, 3.8) is 0 Å². The van der Waals surface area contributed by atoms with E-state index in [1.54, 1.807) is 0 Å². The Morgan fingerprint density at radius 3 is 1.72 bits per heavy atom. The summed E-state index contributed by atoms with van der Waals surface area (Å²) >= 11 is 0. The van der Waals surface area contributed by atoms with Gasteiger partial charge in [-0.3, -0.25) is 0 Å². The summed E-state index contributed by atoms with van der Waals surface area (Å²) in [6.45, 7) is 0. The Kier molecular flexibility index (Phi) is 9.88. The van der Waals surface area contributed by atoms with Crippen molar-refractivity contribution in [1.82, 2.24) is 4.57 Å². The lowest BCUT2D eigenvalue weighted by molar-refractivity contribution is 0.603. The van der Waals surface area contributed by atoms with Crippen LogP contribution in [0.2, 0.25) is 0 Å². The van der Waals surface area contributed by atoms with E-state index in [1.807, 2.05) is 18.2 Å². The minimum absolute atomic E-state index is 0.802. The van der Waals surface area contributed by atoms with Gasteiger partial charge in [-0.05, 0) is 100 Å². The van der Waals surface area contributed by atoms with Gasteiger partial charge in [0.15, 0.2) is 0 Å². The molecule has 0 amide bonds. The van der Waals surface area contributed by atoms with Crippen molar-refractivity contribution in [2.75, 3.05) is 4.90 Å². The van der Waals surface area contributed by atoms with Crippen LogP contribution in [0.4, 0.5) is 11.4 Å². The number of allylic oxidation sites excluding steroid dienone is 4. The Bertz CT molecular complexity index is 3910. The van der Waals surface area contributed by atoms with Crippen molar-refractivity contribution >= 4 is 61.4 Å². The van der Waals surface area contributed by atoms with Gasteiger partial charge in [-0.2, -0.15) is 0 Å². The molecular weight excluding hydrogens is 837 g/mol. The van der Waals surface area contributed by atoms with Gasteiger partial charge in [-0.15, -0.1) is 0 Å². The molecule has 0 bridgehead atoms. The van der Waals surface area contributed by atoms with Crippen LogP contribution in [0.15, 0.2) is 258 Å². The highest BCUT2D eigenvalue weighted by Gasteiger charge is 2.27. The van der Waals surface area contributed by atoms with Gasteiger partial charge in [0.2, 0.25) is 0 Å². The van der Waals surface area contributed by atoms with Crippen LogP contribution in [0.25, 0.3) is 89.1 Å². The van der Waals surface area contributed by atoms with Gasteiger partial charge in [-0.25, -0.2) is 0 Å². The summed E-state index contributed by atoms with van der Waals surface area (Å²) in [7, 11) is 0. The maximum Gasteiger partial charge on any atom is 0.145 e. The van der Waals surface area contributed by atoms with E-state index in [2.05, 4.69) is 245 Å². The molecule has 2 heterocycles. The Hall–Kier alpha value is -9.10. The zero-order valence-electron chi connectivity index (χ0n) is 37.8. The largest absolute Gasteiger partial charge is 0.455 e. The van der Waals surface area contributed by atoms with Crippen molar-refractivity contribution < 1.29 is 4.42 Å². The second-order valence-electron chi connectivity index (χ2n) is 17.8. The predicted molar refractivity (Wildman–Crippen MR) is 288 cm³/mol. The average Bonchev–Trinajstić information content (AvgIpc) is 3.98. The summed E-state index contributed by atoms with van der Waals surface area (Å²) in [6, 6.07) is 80.8. The normalized spacial score (nSPS) is 13.1. The molecule has 0 atom stereocenters. The molecule has 0 radical (unpaired) electrons. The van der Waals surface area contributed by atoms with E-state index in [-0.39, 0.29) is 0 Å². The third-order valence-corrected chi connectivity index (χ3v) is 13.8. The van der Waals surface area contributed by atoms with Crippen molar-refractivity contribution in [2.24, 2.45) is 0 Å². The van der Waals surface area contributed by atoms with Gasteiger partial charge in [0, 0.05) is 55.9 Å². The Balaban J connectivity index is 0.884. The summed E-state index contributed by atoms with van der Waals surface area (Å²) in [5, 5.41) is 3.60. The Morgan fingerprint density at radius 2 is 1.00 bits per heavy atom. The first kappa shape index (κ1) is 40.2. The average molecular weight is 881 g/mol. The molecule has 69 heavy (non-hydrogen) atoms. The van der Waals surface area contributed by atoms with Gasteiger partial charge in [-0.1, -0.05) is 200 Å². The summed E-state index contributed by atoms with van der Waals surface area (Å²) < 4.78 is 8.77. The molecule has 2 aromatic heterocycles. The number of hydrogen-bond donors (Lipinski definition) is 0. The minimum Gasteiger partial charge on any atom is -0.455 e. The second kappa shape index (κ2) is 17.0. The fourth-order valence-electron chi connectivity index (χ4n) is 10.5. The summed E-state index contributed by atoms with van der Waals surface area (Å²) in [6.07, 6.45) is 8.30. The predicted octanol–water partition coefficient (Wildman–Crippen LogP) is 17.6. The molecule has 3 nitrogen and oxygen atoms in total. The number of nitrogens with zero attached hydrogens (tertiary/aromatic N) is 2. The smallest absolute Gasteiger partial charge is 0.145 e. The van der Waals surface area contributed by atoms with Gasteiger partial charge in [0.1, 0.15) is 11.3 Å². The van der Waals surface area contributed by atoms with Crippen LogP contribution in [0.1, 0.15) is 35.3 Å². The van der Waals surface area contributed by atoms with E-state index in [4.69, 9.17) is 4.42 Å². The van der Waals surface area contributed by atoms with Gasteiger partial charge < -0.3 is 13.9 Å². The van der Waals surface area contributed by atoms with Crippen LogP contribution in [0.5, 0.6) is 0 Å². The van der Waals surface area contributed by atoms with Gasteiger partial charge in [0.25, 0.3) is 0 Å². The van der Waals surface area contributed by atoms with Gasteiger partial charge >= 0.3 is 0 Å². The van der Waals surface area contributed by atoms with Crippen LogP contribution in [-0.2, 0) is 0 Å². The first-order valence-electron chi connectivity index (χ1n) is 23.7. The topological polar surface area (TPSA) is 21.3 Å². The summed E-state index contributed by atoms with van der Waals surface area (Å²) in [5.74, 6) is 0.802. The van der Waals surface area contributed by atoms with Crippen LogP contribution < -0.4 is 4.90 Å². The third kappa shape index (κ3) is 7.10. The molecule has 3 heteroatoms. The number of anilines is 2. The first-order valence-corrected chi connectivity index (χ1v) is 23.7. The van der Waals surface area contributed by atoms with E-state index in [1.165, 1.54) is 60.9 Å². The highest BCUT2D eigenvalue weighted by atomic mass is 16.3. The zero-order chi connectivity index (χ0) is 45.7. The van der Waals surface area contributed by atoms with Crippen LogP contribution in [-0.4, -0.2) is 4.57 Å². The number of para-hydroxylation sites is 5. The zero-order valence-corrected chi connectivity index (χ0v) is 37.8. The number of aromatic nitrogens is 1. The van der Waals surface area contributed by atoms with Gasteiger partial charge in [0.05, 0.1) is 22.4 Å². The molecule has 0 saturated carbocycles. The van der Waals surface area contributed by atoms with Crippen LogP contribution >= 0.6 is 0 Å². The molecule has 11 aromatic rings. The molecule has 13 rings (SSSR count). The molecule has 9 aromatic carbocycles. The van der Waals surface area contributed by atoms with E-state index >= 15 is 0 Å². The van der Waals surface area contributed by atoms with Crippen molar-refractivity contribution in [3.05, 3.63) is 276 Å². The van der Waals surface area contributed by atoms with Crippen molar-refractivity contribution in [2.45, 2.75) is 12.8 Å². The van der Waals surface area contributed by atoms with Crippen LogP contribution in [0.3, 0.4) is 0 Å². The molecule has 0 saturated heterocycles. The number of furan rings is 1. The summed E-state index contributed by atoms with van der Waals surface area (Å²) in [5.41, 5.74) is 27.4. The fraction of sp³-hybridized carbons (Fsp3) is 0.0303. The molecule has 2 aliphatic carbocycles. The number of benzene rings is 9. The summed E-state index contributed by atoms with van der Waals surface area (Å²) in [4.78, 5) is 2.48. The molecular formula is C66H44N2O. The molecule has 324 valence electrons. The van der Waals surface area contributed by atoms with E-state index in [0.29, 0.717) is 0 Å². The quantitative estimate of drug-likeness (QED) is 0.135. The molecule has 2 aliphatic rings. The van der Waals surface area contributed by atoms with E-state index in [0.717, 1.165) is 74.5 Å². The molecule has 0 aliphatic heterocycles. The molecule has 0 unspecified atom stereocenters. The Morgan fingerprint density at radius 1 is 0.435 bits per heavy atom. The first-order chi connectivity index (χ1) is 34.2. The highest BCUT2D eigenvalue weighted by molar-refractivity contribution is 6.09. The molecule has 0 fully saturated rings. The fourth-order valence-corrected chi connectivity index (χ4v) is 10.5. The SMILES string of the molecule is C1=C=C(c2ccccc2N(C2=CC=C(c3ccc(-c4cccc(-n5c6ccccc6c6ccccc65)c4)cc3)CC2)c2ccccc2-c2ccc(-c3ccccc3)cc2)c2c(oc3ccccc23)C=1. The highest BCUT2D eigenvalue weighted by Crippen LogP contribution is 2.47. The minimum atomic E-state index is 0.802. The lowest BCUT2D eigenvalue weighted by atomic mass is 9.90. The van der Waals surface area contributed by atoms with E-state index in [9.17, 15) is 0 Å². The number of hydrogen-bond acceptors (Lipinski definition) is 2. The van der Waals surface area contributed by atoms with E-state index < -0.39 is 0 Å². The number of fused-ring (bicyclic) bond motifs is 6. The van der Waals surface area contributed by atoms with Crippen molar-refractivity contribution in [1.29, 1.82) is 0 Å². The maximum atomic E-state index is 6.38. The maximum absolute atomic E-state index is 6.38. The lowest BCUT2D eigenvalue weighted by Gasteiger charge is -2.33. The van der Waals surface area contributed by atoms with Crippen LogP contribution in [0, 0.1) is 0 Å². The monoisotopic (exact) mass is 880 g/mol. The third-order valence-electron chi connectivity index (χ3n) is 13.8.